The van der Waals surface area contributed by atoms with E-state index in [2.05, 4.69) is 60.6 Å². The highest BCUT2D eigenvalue weighted by atomic mass is 15.3. The molecule has 0 spiro atoms. The van der Waals surface area contributed by atoms with Gasteiger partial charge in [-0.25, -0.2) is 0 Å². The van der Waals surface area contributed by atoms with Gasteiger partial charge in [0.1, 0.15) is 0 Å². The summed E-state index contributed by atoms with van der Waals surface area (Å²) in [6.07, 6.45) is 2.72. The molecule has 0 bridgehead atoms. The standard InChI is InChI=1S/C18H17N2/c1-15-13-19-20(14-17-10-6-3-7-11-17)18(15)12-16-8-4-2-5-9-16/h2-11,13H,1,12,14H2. The van der Waals surface area contributed by atoms with Crippen LogP contribution in [0.3, 0.4) is 0 Å². The molecule has 0 fully saturated rings. The van der Waals surface area contributed by atoms with Gasteiger partial charge in [0.05, 0.1) is 12.7 Å². The van der Waals surface area contributed by atoms with Gasteiger partial charge in [0, 0.05) is 12.1 Å². The Balaban J connectivity index is 1.86. The normalized spacial score (nSPS) is 10.7. The summed E-state index contributed by atoms with van der Waals surface area (Å²) in [5, 5.41) is 4.46. The number of aromatic nitrogens is 2. The van der Waals surface area contributed by atoms with Gasteiger partial charge in [0.15, 0.2) is 0 Å². The molecular formula is C18H17N2. The maximum Gasteiger partial charge on any atom is 0.0662 e. The van der Waals surface area contributed by atoms with Crippen LogP contribution in [0.5, 0.6) is 0 Å². The summed E-state index contributed by atoms with van der Waals surface area (Å²) < 4.78 is 2.05. The summed E-state index contributed by atoms with van der Waals surface area (Å²) in [4.78, 5) is 0. The van der Waals surface area contributed by atoms with Gasteiger partial charge in [-0.15, -0.1) is 0 Å². The second-order valence-electron chi connectivity index (χ2n) is 4.92. The highest BCUT2D eigenvalue weighted by molar-refractivity contribution is 5.29. The fraction of sp³-hybridized carbons (Fsp3) is 0.111. The molecule has 20 heavy (non-hydrogen) atoms. The first kappa shape index (κ1) is 12.7. The molecule has 3 rings (SSSR count). The van der Waals surface area contributed by atoms with E-state index in [1.165, 1.54) is 16.8 Å². The van der Waals surface area contributed by atoms with Crippen molar-refractivity contribution < 1.29 is 0 Å². The number of nitrogens with zero attached hydrogens (tertiary/aromatic N) is 2. The van der Waals surface area contributed by atoms with Gasteiger partial charge in [-0.2, -0.15) is 5.10 Å². The molecule has 0 N–H and O–H groups in total. The maximum absolute atomic E-state index is 4.46. The van der Waals surface area contributed by atoms with Crippen LogP contribution in [0, 0.1) is 6.92 Å². The predicted octanol–water partition coefficient (Wildman–Crippen LogP) is 3.70. The first-order chi connectivity index (χ1) is 9.83. The van der Waals surface area contributed by atoms with Gasteiger partial charge in [-0.3, -0.25) is 4.68 Å². The molecule has 0 aliphatic carbocycles. The van der Waals surface area contributed by atoms with E-state index in [0.29, 0.717) is 0 Å². The van der Waals surface area contributed by atoms with Crippen LogP contribution < -0.4 is 0 Å². The van der Waals surface area contributed by atoms with Crippen LogP contribution in [0.1, 0.15) is 22.4 Å². The molecule has 2 aromatic carbocycles. The van der Waals surface area contributed by atoms with Crippen molar-refractivity contribution in [2.45, 2.75) is 13.0 Å². The second kappa shape index (κ2) is 5.74. The van der Waals surface area contributed by atoms with Crippen LogP contribution in [0.2, 0.25) is 0 Å². The van der Waals surface area contributed by atoms with Crippen LogP contribution in [0.25, 0.3) is 0 Å². The Morgan fingerprint density at radius 1 is 0.850 bits per heavy atom. The van der Waals surface area contributed by atoms with E-state index in [4.69, 9.17) is 0 Å². The zero-order valence-electron chi connectivity index (χ0n) is 11.4. The zero-order chi connectivity index (χ0) is 13.8. The molecule has 0 unspecified atom stereocenters. The third-order valence-corrected chi connectivity index (χ3v) is 3.42. The summed E-state index contributed by atoms with van der Waals surface area (Å²) in [6, 6.07) is 20.8. The van der Waals surface area contributed by atoms with Crippen molar-refractivity contribution in [2.75, 3.05) is 0 Å². The van der Waals surface area contributed by atoms with Crippen LogP contribution in [-0.2, 0) is 13.0 Å². The lowest BCUT2D eigenvalue weighted by molar-refractivity contribution is 0.653. The summed E-state index contributed by atoms with van der Waals surface area (Å²) in [5.74, 6) is 0. The van der Waals surface area contributed by atoms with Crippen LogP contribution >= 0.6 is 0 Å². The average Bonchev–Trinajstić information content (AvgIpc) is 2.83. The first-order valence-corrected chi connectivity index (χ1v) is 6.77. The maximum atomic E-state index is 4.46. The lowest BCUT2D eigenvalue weighted by Crippen LogP contribution is -2.07. The van der Waals surface area contributed by atoms with Crippen molar-refractivity contribution in [3.05, 3.63) is 96.2 Å². The molecule has 99 valence electrons. The molecule has 3 aromatic rings. The van der Waals surface area contributed by atoms with Gasteiger partial charge < -0.3 is 0 Å². The predicted molar refractivity (Wildman–Crippen MR) is 81.5 cm³/mol. The minimum Gasteiger partial charge on any atom is -0.265 e. The molecule has 0 aliphatic rings. The lowest BCUT2D eigenvalue weighted by atomic mass is 10.1. The van der Waals surface area contributed by atoms with Crippen molar-refractivity contribution in [3.63, 3.8) is 0 Å². The van der Waals surface area contributed by atoms with Gasteiger partial charge in [0.25, 0.3) is 0 Å². The fourth-order valence-electron chi connectivity index (χ4n) is 2.34. The van der Waals surface area contributed by atoms with Crippen LogP contribution in [0.4, 0.5) is 0 Å². The molecule has 1 radical (unpaired) electrons. The Kier molecular flexibility index (Phi) is 3.64. The minimum atomic E-state index is 0.790. The number of rotatable bonds is 4. The monoisotopic (exact) mass is 261 g/mol. The average molecular weight is 261 g/mol. The second-order valence-corrected chi connectivity index (χ2v) is 4.92. The largest absolute Gasteiger partial charge is 0.265 e. The summed E-state index contributed by atoms with van der Waals surface area (Å²) in [7, 11) is 0. The third kappa shape index (κ3) is 2.80. The van der Waals surface area contributed by atoms with E-state index >= 15 is 0 Å². The molecule has 0 saturated carbocycles. The summed E-state index contributed by atoms with van der Waals surface area (Å²) in [5.41, 5.74) is 4.72. The van der Waals surface area contributed by atoms with Gasteiger partial charge in [-0.1, -0.05) is 60.7 Å². The highest BCUT2D eigenvalue weighted by Gasteiger charge is 2.08. The van der Waals surface area contributed by atoms with Crippen LogP contribution in [0.15, 0.2) is 66.9 Å². The van der Waals surface area contributed by atoms with Crippen molar-refractivity contribution in [3.8, 4) is 0 Å². The van der Waals surface area contributed by atoms with Gasteiger partial charge >= 0.3 is 0 Å². The molecule has 0 aliphatic heterocycles. The Morgan fingerprint density at radius 3 is 2.10 bits per heavy atom. The van der Waals surface area contributed by atoms with Crippen molar-refractivity contribution in [1.29, 1.82) is 0 Å². The summed E-state index contributed by atoms with van der Waals surface area (Å²) in [6.45, 7) is 4.89. The molecule has 0 saturated heterocycles. The first-order valence-electron chi connectivity index (χ1n) is 6.77. The number of benzene rings is 2. The Labute approximate surface area is 119 Å². The number of hydrogen-bond acceptors (Lipinski definition) is 1. The molecule has 0 atom stereocenters. The smallest absolute Gasteiger partial charge is 0.0662 e. The fourth-order valence-corrected chi connectivity index (χ4v) is 2.34. The Hall–Kier alpha value is -2.35. The highest BCUT2D eigenvalue weighted by Crippen LogP contribution is 2.15. The molecule has 2 heteroatoms. The molecule has 1 aromatic heterocycles. The minimum absolute atomic E-state index is 0.790. The van der Waals surface area contributed by atoms with E-state index in [1.54, 1.807) is 0 Å². The lowest BCUT2D eigenvalue weighted by Gasteiger charge is -2.09. The van der Waals surface area contributed by atoms with E-state index in [1.807, 2.05) is 23.0 Å². The van der Waals surface area contributed by atoms with Crippen molar-refractivity contribution >= 4 is 0 Å². The van der Waals surface area contributed by atoms with E-state index in [9.17, 15) is 0 Å². The van der Waals surface area contributed by atoms with Crippen molar-refractivity contribution in [1.82, 2.24) is 9.78 Å². The Morgan fingerprint density at radius 2 is 1.45 bits per heavy atom. The third-order valence-electron chi connectivity index (χ3n) is 3.42. The summed E-state index contributed by atoms with van der Waals surface area (Å²) >= 11 is 0. The van der Waals surface area contributed by atoms with E-state index in [-0.39, 0.29) is 0 Å². The Bertz CT molecular complexity index is 669. The quantitative estimate of drug-likeness (QED) is 0.700. The van der Waals surface area contributed by atoms with Gasteiger partial charge in [0.2, 0.25) is 0 Å². The van der Waals surface area contributed by atoms with E-state index in [0.717, 1.165) is 18.5 Å². The molecular weight excluding hydrogens is 244 g/mol. The zero-order valence-corrected chi connectivity index (χ0v) is 11.4. The molecule has 0 amide bonds. The SMILES string of the molecule is [CH2]c1cnn(Cc2ccccc2)c1Cc1ccccc1. The van der Waals surface area contributed by atoms with E-state index < -0.39 is 0 Å². The van der Waals surface area contributed by atoms with Gasteiger partial charge in [-0.05, 0) is 23.6 Å². The topological polar surface area (TPSA) is 17.8 Å². The van der Waals surface area contributed by atoms with Crippen molar-refractivity contribution in [2.24, 2.45) is 0 Å². The molecule has 2 nitrogen and oxygen atoms in total. The van der Waals surface area contributed by atoms with Crippen LogP contribution in [-0.4, -0.2) is 9.78 Å². The number of hydrogen-bond donors (Lipinski definition) is 0. The molecule has 1 heterocycles.